The third-order valence-electron chi connectivity index (χ3n) is 5.66. The van der Waals surface area contributed by atoms with Crippen LogP contribution in [0.1, 0.15) is 40.5 Å². The number of aromatic nitrogens is 3. The fourth-order valence-corrected chi connectivity index (χ4v) is 4.15. The van der Waals surface area contributed by atoms with Crippen molar-refractivity contribution in [2.24, 2.45) is 0 Å². The van der Waals surface area contributed by atoms with Crippen molar-refractivity contribution < 1.29 is 13.6 Å². The number of benzene rings is 2. The summed E-state index contributed by atoms with van der Waals surface area (Å²) in [5.74, 6) is -0.204. The fraction of sp³-hybridized carbons (Fsp3) is 0.160. The van der Waals surface area contributed by atoms with Gasteiger partial charge in [-0.15, -0.1) is 5.10 Å². The number of hydrogen-bond donors (Lipinski definition) is 0. The Morgan fingerprint density at radius 3 is 2.66 bits per heavy atom. The second-order valence-electron chi connectivity index (χ2n) is 7.76. The molecule has 0 bridgehead atoms. The highest BCUT2D eigenvalue weighted by atomic mass is 19.1. The van der Waals surface area contributed by atoms with E-state index < -0.39 is 0 Å². The van der Waals surface area contributed by atoms with E-state index in [0.717, 1.165) is 24.9 Å². The van der Waals surface area contributed by atoms with Gasteiger partial charge < -0.3 is 4.90 Å². The smallest absolute Gasteiger partial charge is 0.205 e. The lowest BCUT2D eigenvalue weighted by molar-refractivity contribution is 0.104. The normalized spacial score (nSPS) is 16.3. The summed E-state index contributed by atoms with van der Waals surface area (Å²) in [5.41, 5.74) is 2.37. The lowest BCUT2D eigenvalue weighted by Crippen LogP contribution is -2.24. The van der Waals surface area contributed by atoms with E-state index in [1.807, 2.05) is 18.2 Å². The predicted octanol–water partition coefficient (Wildman–Crippen LogP) is 5.25. The molecular weight excluding hydrogens is 410 g/mol. The van der Waals surface area contributed by atoms with Crippen molar-refractivity contribution >= 4 is 23.3 Å². The highest BCUT2D eigenvalue weighted by molar-refractivity contribution is 6.05. The number of carbonyl (C=O) groups excluding carboxylic acids is 1. The van der Waals surface area contributed by atoms with Gasteiger partial charge in [0.05, 0.1) is 12.2 Å². The van der Waals surface area contributed by atoms with Gasteiger partial charge in [0, 0.05) is 6.54 Å². The van der Waals surface area contributed by atoms with Crippen molar-refractivity contribution in [2.75, 3.05) is 11.4 Å². The third-order valence-corrected chi connectivity index (χ3v) is 5.66. The Hall–Kier alpha value is -3.87. The Bertz CT molecular complexity index is 1330. The number of allylic oxidation sites excluding steroid dienone is 1. The Kier molecular flexibility index (Phi) is 5.23. The van der Waals surface area contributed by atoms with Crippen molar-refractivity contribution in [1.82, 2.24) is 14.6 Å². The topological polar surface area (TPSA) is 50.5 Å². The van der Waals surface area contributed by atoms with E-state index >= 15 is 0 Å². The number of ketones is 1. The minimum atomic E-state index is -0.362. The SMILES string of the molecule is O=C(C=Cc1cccc(F)c1)c1cnc2ccc(N3CCCC3c3cccc(F)c3)nn12. The van der Waals surface area contributed by atoms with Crippen LogP contribution >= 0.6 is 0 Å². The maximum Gasteiger partial charge on any atom is 0.205 e. The summed E-state index contributed by atoms with van der Waals surface area (Å²) in [4.78, 5) is 19.2. The minimum Gasteiger partial charge on any atom is -0.348 e. The number of fused-ring (bicyclic) bond motifs is 1. The average molecular weight is 430 g/mol. The molecule has 0 radical (unpaired) electrons. The number of anilines is 1. The van der Waals surface area contributed by atoms with Gasteiger partial charge in [-0.25, -0.2) is 18.3 Å². The maximum absolute atomic E-state index is 13.8. The molecule has 4 aromatic rings. The van der Waals surface area contributed by atoms with Gasteiger partial charge in [0.25, 0.3) is 0 Å². The Labute approximate surface area is 183 Å². The summed E-state index contributed by atoms with van der Waals surface area (Å²) < 4.78 is 28.7. The van der Waals surface area contributed by atoms with Crippen LogP contribution in [0.3, 0.4) is 0 Å². The first kappa shape index (κ1) is 20.1. The van der Waals surface area contributed by atoms with Crippen LogP contribution in [0.4, 0.5) is 14.6 Å². The molecule has 0 aliphatic carbocycles. The summed E-state index contributed by atoms with van der Waals surface area (Å²) in [6.07, 6.45) is 6.30. The molecule has 1 saturated heterocycles. The van der Waals surface area contributed by atoms with Gasteiger partial charge in [0.2, 0.25) is 5.78 Å². The standard InChI is InChI=1S/C25H20F2N4O/c26-19-6-1-4-17(14-19)9-10-23(32)22-16-28-24-11-12-25(29-31(22)24)30-13-3-8-21(30)18-5-2-7-20(27)15-18/h1-2,4-7,9-12,14-16,21H,3,8,13H2. The summed E-state index contributed by atoms with van der Waals surface area (Å²) in [7, 11) is 0. The van der Waals surface area contributed by atoms with Crippen LogP contribution in [0, 0.1) is 11.6 Å². The molecular formula is C25H20F2N4O. The van der Waals surface area contributed by atoms with Crippen molar-refractivity contribution in [1.29, 1.82) is 0 Å². The van der Waals surface area contributed by atoms with Crippen LogP contribution in [-0.4, -0.2) is 26.9 Å². The molecule has 2 aromatic heterocycles. The van der Waals surface area contributed by atoms with Crippen LogP contribution in [0.5, 0.6) is 0 Å². The second kappa shape index (κ2) is 8.34. The van der Waals surface area contributed by atoms with Crippen LogP contribution < -0.4 is 4.90 Å². The molecule has 1 unspecified atom stereocenters. The van der Waals surface area contributed by atoms with Gasteiger partial charge in [-0.2, -0.15) is 0 Å². The summed E-state index contributed by atoms with van der Waals surface area (Å²) in [6, 6.07) is 16.4. The molecule has 5 rings (SSSR count). The summed E-state index contributed by atoms with van der Waals surface area (Å²) in [5, 5.41) is 4.68. The Morgan fingerprint density at radius 2 is 1.84 bits per heavy atom. The number of rotatable bonds is 5. The van der Waals surface area contributed by atoms with E-state index in [0.29, 0.717) is 22.7 Å². The minimum absolute atomic E-state index is 0.0196. The molecule has 1 aliphatic heterocycles. The van der Waals surface area contributed by atoms with Crippen LogP contribution in [-0.2, 0) is 0 Å². The molecule has 5 nitrogen and oxygen atoms in total. The molecule has 2 aromatic carbocycles. The Morgan fingerprint density at radius 1 is 1.03 bits per heavy atom. The highest BCUT2D eigenvalue weighted by Crippen LogP contribution is 2.35. The van der Waals surface area contributed by atoms with Gasteiger partial charge in [-0.1, -0.05) is 30.3 Å². The van der Waals surface area contributed by atoms with Gasteiger partial charge >= 0.3 is 0 Å². The monoisotopic (exact) mass is 430 g/mol. The molecule has 32 heavy (non-hydrogen) atoms. The summed E-state index contributed by atoms with van der Waals surface area (Å²) >= 11 is 0. The van der Waals surface area contributed by atoms with Gasteiger partial charge in [0.15, 0.2) is 5.65 Å². The van der Waals surface area contributed by atoms with E-state index in [9.17, 15) is 13.6 Å². The van der Waals surface area contributed by atoms with E-state index in [1.165, 1.54) is 35.0 Å². The van der Waals surface area contributed by atoms with Crippen LogP contribution in [0.2, 0.25) is 0 Å². The first-order valence-electron chi connectivity index (χ1n) is 10.4. The third kappa shape index (κ3) is 3.89. The molecule has 0 N–H and O–H groups in total. The number of halogens is 2. The molecule has 7 heteroatoms. The maximum atomic E-state index is 13.8. The molecule has 1 aliphatic rings. The second-order valence-corrected chi connectivity index (χ2v) is 7.76. The molecule has 3 heterocycles. The van der Waals surface area contributed by atoms with E-state index in [2.05, 4.69) is 15.0 Å². The van der Waals surface area contributed by atoms with E-state index in [1.54, 1.807) is 30.3 Å². The van der Waals surface area contributed by atoms with E-state index in [4.69, 9.17) is 0 Å². The predicted molar refractivity (Wildman–Crippen MR) is 118 cm³/mol. The van der Waals surface area contributed by atoms with Crippen molar-refractivity contribution in [3.63, 3.8) is 0 Å². The highest BCUT2D eigenvalue weighted by Gasteiger charge is 2.28. The number of carbonyl (C=O) groups is 1. The summed E-state index contributed by atoms with van der Waals surface area (Å²) in [6.45, 7) is 0.789. The lowest BCUT2D eigenvalue weighted by atomic mass is 10.0. The van der Waals surface area contributed by atoms with Gasteiger partial charge in [-0.3, -0.25) is 4.79 Å². The molecule has 0 amide bonds. The molecule has 1 atom stereocenters. The zero-order valence-electron chi connectivity index (χ0n) is 17.2. The van der Waals surface area contributed by atoms with Crippen LogP contribution in [0.15, 0.2) is 72.9 Å². The van der Waals surface area contributed by atoms with E-state index in [-0.39, 0.29) is 23.5 Å². The first-order valence-corrected chi connectivity index (χ1v) is 10.4. The number of hydrogen-bond acceptors (Lipinski definition) is 4. The fourth-order valence-electron chi connectivity index (χ4n) is 4.15. The van der Waals surface area contributed by atoms with Crippen molar-refractivity contribution in [2.45, 2.75) is 18.9 Å². The molecule has 0 spiro atoms. The average Bonchev–Trinajstić information content (AvgIpc) is 3.44. The van der Waals surface area contributed by atoms with Crippen LogP contribution in [0.25, 0.3) is 11.7 Å². The van der Waals surface area contributed by atoms with Crippen molar-refractivity contribution in [3.8, 4) is 0 Å². The zero-order valence-corrected chi connectivity index (χ0v) is 17.2. The first-order chi connectivity index (χ1) is 15.6. The van der Waals surface area contributed by atoms with Gasteiger partial charge in [-0.05, 0) is 66.4 Å². The largest absolute Gasteiger partial charge is 0.348 e. The Balaban J connectivity index is 1.45. The quantitative estimate of drug-likeness (QED) is 0.321. The number of nitrogens with zero attached hydrogens (tertiary/aromatic N) is 4. The number of imidazole rings is 1. The molecule has 1 fully saturated rings. The zero-order chi connectivity index (χ0) is 22.1. The van der Waals surface area contributed by atoms with Crippen molar-refractivity contribution in [3.05, 3.63) is 101 Å². The van der Waals surface area contributed by atoms with Gasteiger partial charge in [0.1, 0.15) is 23.1 Å². The lowest BCUT2D eigenvalue weighted by Gasteiger charge is -2.26. The molecule has 160 valence electrons. The molecule has 0 saturated carbocycles.